The molecule has 0 aromatic carbocycles. The van der Waals surface area contributed by atoms with Gasteiger partial charge >= 0.3 is 59.1 Å². The van der Waals surface area contributed by atoms with Crippen molar-refractivity contribution < 1.29 is 78.0 Å². The van der Waals surface area contributed by atoms with E-state index >= 15 is 0 Å². The molecule has 0 rings (SSSR count). The average molecular weight is 176 g/mol. The van der Waals surface area contributed by atoms with Crippen molar-refractivity contribution in [2.45, 2.75) is 0 Å². The third-order valence-corrected chi connectivity index (χ3v) is 0. The summed E-state index contributed by atoms with van der Waals surface area (Å²) in [4.78, 5) is 16.9. The molecule has 0 aliphatic heterocycles. The Kier molecular flexibility index (Phi) is 96.3. The van der Waals surface area contributed by atoms with Crippen LogP contribution in [0.2, 0.25) is 0 Å². The topological polar surface area (TPSA) is 80.3 Å². The zero-order valence-corrected chi connectivity index (χ0v) is 11.1. The summed E-state index contributed by atoms with van der Waals surface area (Å²) in [5.74, 6) is 0. The van der Waals surface area contributed by atoms with Gasteiger partial charge in [0.25, 0.3) is 0 Å². The van der Waals surface area contributed by atoms with Crippen LogP contribution in [-0.2, 0) is 9.13 Å². The minimum Gasteiger partial charge on any atom is -0.804 e. The predicted molar refractivity (Wildman–Crippen MR) is 20.8 cm³/mol. The average Bonchev–Trinajstić information content (AvgIpc) is 1.39. The molecule has 0 aliphatic rings. The molecule has 0 aromatic rings. The molecule has 0 heterocycles. The van der Waals surface area contributed by atoms with Crippen LogP contribution in [0.4, 0.5) is 0 Å². The normalized spacial score (nSPS) is 7.25. The molecule has 0 amide bonds. The number of hydrogen-bond acceptors (Lipinski definition) is 4. The fourth-order valence-electron chi connectivity index (χ4n) is 0. The quantitative estimate of drug-likeness (QED) is 0.271. The third kappa shape index (κ3) is 80.6. The van der Waals surface area contributed by atoms with E-state index in [-0.39, 0.29) is 59.1 Å². The first-order valence-corrected chi connectivity index (χ1v) is 2.83. The predicted octanol–water partition coefficient (Wildman–Crippen LogP) is -7.96. The number of hydrogen-bond donors (Lipinski definition) is 0. The molecule has 8 heteroatoms. The zero-order chi connectivity index (χ0) is 5.41. The van der Waals surface area contributed by atoms with Crippen LogP contribution in [0.3, 0.4) is 0 Å². The van der Waals surface area contributed by atoms with Crippen molar-refractivity contribution >= 4 is 17.4 Å². The third-order valence-electron chi connectivity index (χ3n) is 0. The van der Waals surface area contributed by atoms with E-state index in [1.165, 1.54) is 0 Å². The second-order valence-electron chi connectivity index (χ2n) is 0.192. The summed E-state index contributed by atoms with van der Waals surface area (Å²) in [5.41, 5.74) is 0. The summed E-state index contributed by atoms with van der Waals surface area (Å²) >= 11 is 0. The monoisotopic (exact) mass is 176 g/mol. The van der Waals surface area contributed by atoms with Crippen LogP contribution in [0.25, 0.3) is 0 Å². The molecule has 0 spiro atoms. The van der Waals surface area contributed by atoms with Gasteiger partial charge in [-0.3, -0.25) is 0 Å². The molecule has 2 unspecified atom stereocenters. The van der Waals surface area contributed by atoms with Crippen LogP contribution < -0.4 is 68.9 Å². The fraction of sp³-hybridized carbons (Fsp3) is 0. The van der Waals surface area contributed by atoms with Crippen molar-refractivity contribution in [1.82, 2.24) is 0 Å². The van der Waals surface area contributed by atoms with Crippen molar-refractivity contribution in [1.29, 1.82) is 0 Å². The van der Waals surface area contributed by atoms with Gasteiger partial charge in [-0.1, -0.05) is 0 Å². The molecule has 2 atom stereocenters. The second-order valence-corrected chi connectivity index (χ2v) is 0.577. The second kappa shape index (κ2) is 34.3. The van der Waals surface area contributed by atoms with Gasteiger partial charge in [-0.05, 0) is 17.4 Å². The molecule has 0 fully saturated rings. The molecular weight excluding hydrogens is 172 g/mol. The zero-order valence-electron chi connectivity index (χ0n) is 4.79. The van der Waals surface area contributed by atoms with Gasteiger partial charge in [-0.2, -0.15) is 0 Å². The molecule has 4 nitrogen and oxygen atoms in total. The summed E-state index contributed by atoms with van der Waals surface area (Å²) in [7, 11) is -3.50. The van der Waals surface area contributed by atoms with Crippen molar-refractivity contribution in [3.63, 3.8) is 0 Å². The molecule has 0 aliphatic carbocycles. The Morgan fingerprint density at radius 1 is 0.875 bits per heavy atom. The summed E-state index contributed by atoms with van der Waals surface area (Å²) in [6, 6.07) is 0. The molecular formula is H4Na2O4P2. The van der Waals surface area contributed by atoms with E-state index in [0.717, 1.165) is 0 Å². The van der Waals surface area contributed by atoms with Crippen molar-refractivity contribution in [3.8, 4) is 0 Å². The standard InChI is InChI=1S/2Na.2H3O2P/c;;2*1-3-2/h;;2*3H2,(H,1,2)/q2*+1;;/p-2. The van der Waals surface area contributed by atoms with Gasteiger partial charge in [0, 0.05) is 0 Å². The fourth-order valence-corrected chi connectivity index (χ4v) is 0. The Bertz CT molecular complexity index is 33.0. The largest absolute Gasteiger partial charge is 1.00 e. The van der Waals surface area contributed by atoms with Crippen molar-refractivity contribution in [2.24, 2.45) is 0 Å². The van der Waals surface area contributed by atoms with E-state index in [0.29, 0.717) is 0 Å². The Labute approximate surface area is 94.2 Å². The van der Waals surface area contributed by atoms with Crippen molar-refractivity contribution in [3.05, 3.63) is 0 Å². The summed E-state index contributed by atoms with van der Waals surface area (Å²) < 4.78 is 16.9. The molecule has 0 radical (unpaired) electrons. The van der Waals surface area contributed by atoms with Gasteiger partial charge in [-0.25, -0.2) is 0 Å². The molecule has 0 saturated carbocycles. The van der Waals surface area contributed by atoms with Crippen LogP contribution in [0.5, 0.6) is 0 Å². The minimum atomic E-state index is -1.75. The first-order chi connectivity index (χ1) is 2.83. The van der Waals surface area contributed by atoms with Gasteiger partial charge in [0.15, 0.2) is 0 Å². The molecule has 0 bridgehead atoms. The Balaban J connectivity index is -0.0000000160. The number of rotatable bonds is 0. The summed E-state index contributed by atoms with van der Waals surface area (Å²) in [6.07, 6.45) is 0. The van der Waals surface area contributed by atoms with Crippen molar-refractivity contribution in [2.75, 3.05) is 0 Å². The van der Waals surface area contributed by atoms with Gasteiger partial charge in [0.1, 0.15) is 0 Å². The molecule has 40 valence electrons. The maximum Gasteiger partial charge on any atom is 1.00 e. The Hall–Kier alpha value is 2.38. The molecule has 0 saturated heterocycles. The van der Waals surface area contributed by atoms with Gasteiger partial charge < -0.3 is 18.9 Å². The first kappa shape index (κ1) is 22.4. The Morgan fingerprint density at radius 3 is 0.875 bits per heavy atom. The molecule has 0 N–H and O–H groups in total. The minimum absolute atomic E-state index is 0. The maximum atomic E-state index is 8.46. The van der Waals surface area contributed by atoms with E-state index in [2.05, 4.69) is 0 Å². The molecule has 0 aromatic heterocycles. The van der Waals surface area contributed by atoms with E-state index in [9.17, 15) is 0 Å². The smallest absolute Gasteiger partial charge is 0.804 e. The SMILES string of the molecule is O=[PH2][O-].O=[PH2][O-].[Na+].[Na+]. The van der Waals surface area contributed by atoms with Gasteiger partial charge in [0.05, 0.1) is 0 Å². The van der Waals surface area contributed by atoms with E-state index in [4.69, 9.17) is 18.9 Å². The van der Waals surface area contributed by atoms with Gasteiger partial charge in [-0.15, -0.1) is 0 Å². The Morgan fingerprint density at radius 2 is 0.875 bits per heavy atom. The van der Waals surface area contributed by atoms with Gasteiger partial charge in [0.2, 0.25) is 0 Å². The van der Waals surface area contributed by atoms with E-state index in [1.54, 1.807) is 0 Å². The molecule has 8 heavy (non-hydrogen) atoms. The van der Waals surface area contributed by atoms with Crippen LogP contribution in [0.1, 0.15) is 0 Å². The van der Waals surface area contributed by atoms with Crippen LogP contribution in [-0.4, -0.2) is 0 Å². The van der Waals surface area contributed by atoms with Crippen LogP contribution in [0.15, 0.2) is 0 Å². The van der Waals surface area contributed by atoms with E-state index in [1.807, 2.05) is 0 Å². The summed E-state index contributed by atoms with van der Waals surface area (Å²) in [5, 5.41) is 0. The van der Waals surface area contributed by atoms with Crippen LogP contribution in [0, 0.1) is 0 Å². The maximum absolute atomic E-state index is 8.46. The summed E-state index contributed by atoms with van der Waals surface area (Å²) in [6.45, 7) is 0. The van der Waals surface area contributed by atoms with Crippen LogP contribution >= 0.6 is 17.4 Å². The van der Waals surface area contributed by atoms with E-state index < -0.39 is 17.4 Å². The first-order valence-electron chi connectivity index (χ1n) is 0.943.